The summed E-state index contributed by atoms with van der Waals surface area (Å²) >= 11 is 2.73. The van der Waals surface area contributed by atoms with E-state index in [2.05, 4.69) is 4.74 Å². The van der Waals surface area contributed by atoms with E-state index in [0.717, 1.165) is 4.88 Å². The highest BCUT2D eigenvalue weighted by Gasteiger charge is 2.20. The van der Waals surface area contributed by atoms with E-state index in [1.54, 1.807) is 31.4 Å². The summed E-state index contributed by atoms with van der Waals surface area (Å²) in [6.07, 6.45) is -0.417. The number of carbonyl (C=O) groups excluding carboxylic acids is 4. The van der Waals surface area contributed by atoms with Gasteiger partial charge in [0, 0.05) is 0 Å². The molecule has 0 saturated carbocycles. The molecule has 2 rings (SSSR count). The summed E-state index contributed by atoms with van der Waals surface area (Å²) < 4.78 is 4.48. The van der Waals surface area contributed by atoms with Crippen molar-refractivity contribution in [1.82, 2.24) is 0 Å². The molecule has 0 aliphatic heterocycles. The van der Waals surface area contributed by atoms with E-state index in [9.17, 15) is 19.2 Å². The summed E-state index contributed by atoms with van der Waals surface area (Å²) in [5.74, 6) is -1.93. The van der Waals surface area contributed by atoms with Crippen molar-refractivity contribution < 1.29 is 23.9 Å². The maximum absolute atomic E-state index is 11.4. The van der Waals surface area contributed by atoms with Crippen molar-refractivity contribution in [1.29, 1.82) is 0 Å². The van der Waals surface area contributed by atoms with Crippen LogP contribution < -0.4 is 0 Å². The molecular weight excluding hydrogens is 348 g/mol. The SMILES string of the molecule is CC(=O)c1cccs1.CCOC(=O)C(=O)CC(=O)c1cccs1.[CH3-]. The van der Waals surface area contributed by atoms with Gasteiger partial charge in [-0.05, 0) is 36.7 Å². The minimum absolute atomic E-state index is 0. The fourth-order valence-electron chi connectivity index (χ4n) is 1.43. The molecule has 0 unspecified atom stereocenters. The van der Waals surface area contributed by atoms with Crippen LogP contribution in [-0.2, 0) is 14.3 Å². The molecule has 0 amide bonds. The molecule has 0 aliphatic rings. The van der Waals surface area contributed by atoms with E-state index in [1.807, 2.05) is 17.5 Å². The fourth-order valence-corrected chi connectivity index (χ4v) is 2.72. The van der Waals surface area contributed by atoms with Crippen LogP contribution in [0.2, 0.25) is 0 Å². The number of thiophene rings is 2. The molecule has 0 atom stereocenters. The lowest BCUT2D eigenvalue weighted by Gasteiger charge is -1.98. The monoisotopic (exact) mass is 367 g/mol. The van der Waals surface area contributed by atoms with Gasteiger partial charge in [-0.2, -0.15) is 0 Å². The van der Waals surface area contributed by atoms with Crippen molar-refractivity contribution in [3.8, 4) is 0 Å². The summed E-state index contributed by atoms with van der Waals surface area (Å²) in [6.45, 7) is 3.32. The van der Waals surface area contributed by atoms with Crippen LogP contribution in [0.5, 0.6) is 0 Å². The first-order valence-corrected chi connectivity index (χ1v) is 8.52. The summed E-state index contributed by atoms with van der Waals surface area (Å²) in [7, 11) is 0. The molecule has 0 radical (unpaired) electrons. The predicted molar refractivity (Wildman–Crippen MR) is 95.6 cm³/mol. The molecule has 24 heavy (non-hydrogen) atoms. The number of rotatable bonds is 6. The van der Waals surface area contributed by atoms with Crippen molar-refractivity contribution in [2.75, 3.05) is 6.61 Å². The van der Waals surface area contributed by atoms with Gasteiger partial charge in [-0.3, -0.25) is 14.4 Å². The lowest BCUT2D eigenvalue weighted by molar-refractivity contribution is -0.153. The minimum atomic E-state index is -0.942. The van der Waals surface area contributed by atoms with Crippen molar-refractivity contribution in [2.45, 2.75) is 20.3 Å². The number of carbonyl (C=O) groups is 4. The zero-order valence-electron chi connectivity index (χ0n) is 13.7. The molecule has 2 aromatic heterocycles. The van der Waals surface area contributed by atoms with Gasteiger partial charge in [0.15, 0.2) is 11.6 Å². The van der Waals surface area contributed by atoms with E-state index in [-0.39, 0.29) is 25.6 Å². The molecule has 2 aromatic rings. The van der Waals surface area contributed by atoms with Gasteiger partial charge in [-0.25, -0.2) is 4.79 Å². The van der Waals surface area contributed by atoms with Crippen molar-refractivity contribution in [2.24, 2.45) is 0 Å². The van der Waals surface area contributed by atoms with E-state index in [0.29, 0.717) is 4.88 Å². The first-order valence-electron chi connectivity index (χ1n) is 6.76. The second-order valence-corrected chi connectivity index (χ2v) is 6.15. The second-order valence-electron chi connectivity index (χ2n) is 4.25. The number of Topliss-reactive ketones (excluding diaryl/α,β-unsaturated/α-hetero) is 3. The van der Waals surface area contributed by atoms with Crippen LogP contribution in [0.15, 0.2) is 35.0 Å². The molecule has 0 N–H and O–H groups in total. The maximum Gasteiger partial charge on any atom is 0.375 e. The summed E-state index contributed by atoms with van der Waals surface area (Å²) in [4.78, 5) is 45.3. The minimum Gasteiger partial charge on any atom is -0.460 e. The van der Waals surface area contributed by atoms with E-state index in [1.165, 1.54) is 22.7 Å². The molecule has 130 valence electrons. The average molecular weight is 367 g/mol. The van der Waals surface area contributed by atoms with Gasteiger partial charge in [0.2, 0.25) is 5.78 Å². The van der Waals surface area contributed by atoms with E-state index < -0.39 is 18.2 Å². The number of hydrogen-bond donors (Lipinski definition) is 0. The third-order valence-electron chi connectivity index (χ3n) is 2.49. The average Bonchev–Trinajstić information content (AvgIpc) is 3.21. The molecular formula is C17H19O5S2-. The van der Waals surface area contributed by atoms with Crippen LogP contribution in [0.25, 0.3) is 0 Å². The van der Waals surface area contributed by atoms with Crippen LogP contribution in [0.4, 0.5) is 0 Å². The third kappa shape index (κ3) is 7.43. The first-order chi connectivity index (χ1) is 11.0. The smallest absolute Gasteiger partial charge is 0.375 e. The summed E-state index contributed by atoms with van der Waals surface area (Å²) in [5.41, 5.74) is 0. The summed E-state index contributed by atoms with van der Waals surface area (Å²) in [6, 6.07) is 7.03. The highest BCUT2D eigenvalue weighted by molar-refractivity contribution is 7.12. The van der Waals surface area contributed by atoms with Crippen LogP contribution in [-0.4, -0.2) is 29.9 Å². The Balaban J connectivity index is 0.000000498. The molecule has 0 spiro atoms. The van der Waals surface area contributed by atoms with Crippen molar-refractivity contribution in [3.63, 3.8) is 0 Å². The summed E-state index contributed by atoms with van der Waals surface area (Å²) in [5, 5.41) is 3.64. The number of ether oxygens (including phenoxy) is 1. The Bertz CT molecular complexity index is 657. The Morgan fingerprint density at radius 2 is 1.54 bits per heavy atom. The highest BCUT2D eigenvalue weighted by Crippen LogP contribution is 2.11. The largest absolute Gasteiger partial charge is 0.460 e. The zero-order valence-corrected chi connectivity index (χ0v) is 15.4. The van der Waals surface area contributed by atoms with Crippen LogP contribution in [0.3, 0.4) is 0 Å². The molecule has 5 nitrogen and oxygen atoms in total. The Morgan fingerprint density at radius 1 is 1.00 bits per heavy atom. The molecule has 0 bridgehead atoms. The van der Waals surface area contributed by atoms with Crippen LogP contribution >= 0.6 is 22.7 Å². The lowest BCUT2D eigenvalue weighted by atomic mass is 10.2. The van der Waals surface area contributed by atoms with Gasteiger partial charge in [-0.1, -0.05) is 12.1 Å². The second kappa shape index (κ2) is 11.4. The highest BCUT2D eigenvalue weighted by atomic mass is 32.1. The molecule has 0 fully saturated rings. The quantitative estimate of drug-likeness (QED) is 0.255. The Hall–Kier alpha value is -2.12. The van der Waals surface area contributed by atoms with Gasteiger partial charge in [0.05, 0.1) is 22.8 Å². The van der Waals surface area contributed by atoms with Gasteiger partial charge in [0.25, 0.3) is 0 Å². The number of ketones is 3. The van der Waals surface area contributed by atoms with Gasteiger partial charge >= 0.3 is 5.97 Å². The Kier molecular flexibility index (Phi) is 10.4. The Morgan fingerprint density at radius 3 is 1.92 bits per heavy atom. The van der Waals surface area contributed by atoms with Crippen LogP contribution in [0, 0.1) is 7.43 Å². The molecule has 7 heteroatoms. The first kappa shape index (κ1) is 21.9. The topological polar surface area (TPSA) is 77.5 Å². The standard InChI is InChI=1S/C10H10O4S.C6H6OS.CH3/c1-2-14-10(13)8(12)6-7(11)9-4-3-5-15-9;1-5(7)6-3-2-4-8-6;/h3-5H,2,6H2,1H3;2-4H,1H3;1H3/q;;-1. The lowest BCUT2D eigenvalue weighted by Crippen LogP contribution is -2.20. The maximum atomic E-state index is 11.4. The predicted octanol–water partition coefficient (Wildman–Crippen LogP) is 3.85. The fraction of sp³-hybridized carbons (Fsp3) is 0.235. The zero-order chi connectivity index (χ0) is 17.2. The third-order valence-corrected chi connectivity index (χ3v) is 4.37. The molecule has 0 aromatic carbocycles. The van der Waals surface area contributed by atoms with Crippen molar-refractivity contribution in [3.05, 3.63) is 52.2 Å². The van der Waals surface area contributed by atoms with Crippen molar-refractivity contribution >= 4 is 46.0 Å². The van der Waals surface area contributed by atoms with E-state index >= 15 is 0 Å². The number of hydrogen-bond acceptors (Lipinski definition) is 7. The number of esters is 1. The molecule has 0 aliphatic carbocycles. The van der Waals surface area contributed by atoms with E-state index in [4.69, 9.17) is 0 Å². The molecule has 2 heterocycles. The van der Waals surface area contributed by atoms with Crippen LogP contribution in [0.1, 0.15) is 39.6 Å². The van der Waals surface area contributed by atoms with Gasteiger partial charge < -0.3 is 12.2 Å². The van der Waals surface area contributed by atoms with Gasteiger partial charge in [0.1, 0.15) is 0 Å². The molecule has 0 saturated heterocycles. The normalized spacial score (nSPS) is 9.08. The van der Waals surface area contributed by atoms with Gasteiger partial charge in [-0.15, -0.1) is 22.7 Å². The Labute approximate surface area is 149 Å².